The zero-order valence-electron chi connectivity index (χ0n) is 19.5. The van der Waals surface area contributed by atoms with E-state index in [0.29, 0.717) is 50.7 Å². The highest BCUT2D eigenvalue weighted by atomic mass is 32.2. The summed E-state index contributed by atoms with van der Waals surface area (Å²) in [7, 11) is -3.37. The van der Waals surface area contributed by atoms with Crippen LogP contribution >= 0.6 is 0 Å². The first-order valence-electron chi connectivity index (χ1n) is 12.2. The van der Waals surface area contributed by atoms with Crippen LogP contribution in [0.1, 0.15) is 38.3 Å². The van der Waals surface area contributed by atoms with Crippen LogP contribution in [-0.4, -0.2) is 67.5 Å². The third-order valence-electron chi connectivity index (χ3n) is 7.60. The summed E-state index contributed by atoms with van der Waals surface area (Å²) in [6, 6.07) is 10.2. The second-order valence-electron chi connectivity index (χ2n) is 9.79. The number of ether oxygens (including phenoxy) is 1. The molecule has 1 atom stereocenters. The Morgan fingerprint density at radius 2 is 1.97 bits per heavy atom. The second-order valence-corrected chi connectivity index (χ2v) is 12.3. The fraction of sp³-hybridized carbons (Fsp3) is 0.520. The SMILES string of the molecule is CC1COCCN1c1cc(C2(S(=O)(=O)C3CC3)CCNCC2)nc(-c2cccc3[nH]ccc23)n1. The fourth-order valence-electron chi connectivity index (χ4n) is 5.50. The maximum Gasteiger partial charge on any atom is 0.164 e. The van der Waals surface area contributed by atoms with Gasteiger partial charge in [-0.25, -0.2) is 18.4 Å². The van der Waals surface area contributed by atoms with Gasteiger partial charge in [0.1, 0.15) is 10.6 Å². The van der Waals surface area contributed by atoms with Crippen molar-refractivity contribution in [3.63, 3.8) is 0 Å². The van der Waals surface area contributed by atoms with Gasteiger partial charge in [-0.2, -0.15) is 0 Å². The van der Waals surface area contributed by atoms with E-state index >= 15 is 0 Å². The molecule has 4 heterocycles. The lowest BCUT2D eigenvalue weighted by Crippen LogP contribution is -2.48. The van der Waals surface area contributed by atoms with Gasteiger partial charge in [-0.15, -0.1) is 0 Å². The van der Waals surface area contributed by atoms with Crippen molar-refractivity contribution in [1.29, 1.82) is 0 Å². The van der Waals surface area contributed by atoms with E-state index in [4.69, 9.17) is 14.7 Å². The molecule has 3 fully saturated rings. The van der Waals surface area contributed by atoms with Gasteiger partial charge in [0, 0.05) is 35.3 Å². The first kappa shape index (κ1) is 22.0. The molecule has 1 aromatic carbocycles. The molecular weight excluding hydrogens is 450 g/mol. The van der Waals surface area contributed by atoms with E-state index in [9.17, 15) is 8.42 Å². The number of hydrogen-bond acceptors (Lipinski definition) is 7. The van der Waals surface area contributed by atoms with E-state index in [-0.39, 0.29) is 11.3 Å². The lowest BCUT2D eigenvalue weighted by atomic mass is 9.92. The van der Waals surface area contributed by atoms with Crippen LogP contribution in [0.5, 0.6) is 0 Å². The Kier molecular flexibility index (Phi) is 5.38. The fourth-order valence-corrected chi connectivity index (χ4v) is 8.06. The minimum Gasteiger partial charge on any atom is -0.377 e. The molecule has 1 saturated carbocycles. The van der Waals surface area contributed by atoms with E-state index in [1.54, 1.807) is 0 Å². The average molecular weight is 482 g/mol. The van der Waals surface area contributed by atoms with Gasteiger partial charge >= 0.3 is 0 Å². The molecule has 0 amide bonds. The highest BCUT2D eigenvalue weighted by Gasteiger charge is 2.54. The molecule has 1 unspecified atom stereocenters. The first-order valence-corrected chi connectivity index (χ1v) is 13.8. The normalized spacial score (nSPS) is 23.3. The number of hydrogen-bond donors (Lipinski definition) is 2. The van der Waals surface area contributed by atoms with Gasteiger partial charge in [0.25, 0.3) is 0 Å². The summed E-state index contributed by atoms with van der Waals surface area (Å²) in [6.45, 7) is 5.42. The predicted octanol–water partition coefficient (Wildman–Crippen LogP) is 3.01. The Hall–Kier alpha value is -2.49. The topological polar surface area (TPSA) is 100 Å². The highest BCUT2D eigenvalue weighted by molar-refractivity contribution is 7.93. The average Bonchev–Trinajstić information content (AvgIpc) is 3.62. The molecule has 1 aliphatic carbocycles. The van der Waals surface area contributed by atoms with Crippen LogP contribution in [0.3, 0.4) is 0 Å². The summed E-state index contributed by atoms with van der Waals surface area (Å²) in [4.78, 5) is 15.5. The summed E-state index contributed by atoms with van der Waals surface area (Å²) >= 11 is 0. The van der Waals surface area contributed by atoms with Crippen LogP contribution < -0.4 is 10.2 Å². The lowest BCUT2D eigenvalue weighted by Gasteiger charge is -2.38. The van der Waals surface area contributed by atoms with Crippen LogP contribution in [0.15, 0.2) is 36.5 Å². The van der Waals surface area contributed by atoms with Gasteiger partial charge in [-0.05, 0) is 57.8 Å². The molecule has 2 aliphatic heterocycles. The monoisotopic (exact) mass is 481 g/mol. The summed E-state index contributed by atoms with van der Waals surface area (Å²) in [6.07, 6.45) is 4.50. The molecular formula is C25H31N5O3S. The third-order valence-corrected chi connectivity index (χ3v) is 10.7. The van der Waals surface area contributed by atoms with Crippen molar-refractivity contribution >= 4 is 26.6 Å². The number of anilines is 1. The summed E-state index contributed by atoms with van der Waals surface area (Å²) in [5, 5.41) is 4.14. The van der Waals surface area contributed by atoms with Gasteiger partial charge in [0.15, 0.2) is 15.7 Å². The van der Waals surface area contributed by atoms with E-state index in [1.807, 2.05) is 36.5 Å². The molecule has 0 bridgehead atoms. The lowest BCUT2D eigenvalue weighted by molar-refractivity contribution is 0.0985. The van der Waals surface area contributed by atoms with Gasteiger partial charge in [-0.1, -0.05) is 12.1 Å². The first-order chi connectivity index (χ1) is 16.5. The summed E-state index contributed by atoms with van der Waals surface area (Å²) in [5.41, 5.74) is 2.57. The summed E-state index contributed by atoms with van der Waals surface area (Å²) < 4.78 is 32.5. The molecule has 6 rings (SSSR count). The van der Waals surface area contributed by atoms with Crippen LogP contribution in [-0.2, 0) is 19.3 Å². The van der Waals surface area contributed by atoms with Crippen molar-refractivity contribution in [2.45, 2.75) is 48.6 Å². The van der Waals surface area contributed by atoms with Crippen molar-refractivity contribution in [1.82, 2.24) is 20.3 Å². The molecule has 3 aliphatic rings. The van der Waals surface area contributed by atoms with Gasteiger partial charge in [0.2, 0.25) is 0 Å². The molecule has 0 spiro atoms. The van der Waals surface area contributed by atoms with Gasteiger partial charge in [-0.3, -0.25) is 0 Å². The minimum atomic E-state index is -3.37. The quantitative estimate of drug-likeness (QED) is 0.578. The van der Waals surface area contributed by atoms with Crippen LogP contribution in [0.2, 0.25) is 0 Å². The zero-order chi connectivity index (χ0) is 23.3. The molecule has 2 N–H and O–H groups in total. The molecule has 2 saturated heterocycles. The maximum absolute atomic E-state index is 13.9. The molecule has 180 valence electrons. The number of fused-ring (bicyclic) bond motifs is 1. The standard InChI is InChI=1S/C25H31N5O3S/c1-17-16-33-14-13-30(17)23-15-22(25(8-11-26-12-9-25)34(31,32)18-5-6-18)28-24(29-23)20-3-2-4-21-19(20)7-10-27-21/h2-4,7,10,15,17-18,26-27H,5-6,8-9,11-14,16H2,1H3. The number of H-pyrrole nitrogens is 1. The molecule has 9 heteroatoms. The van der Waals surface area contributed by atoms with E-state index in [1.165, 1.54) is 0 Å². The predicted molar refractivity (Wildman–Crippen MR) is 133 cm³/mol. The second kappa shape index (κ2) is 8.32. The van der Waals surface area contributed by atoms with Crippen molar-refractivity contribution < 1.29 is 13.2 Å². The molecule has 3 aromatic rings. The highest BCUT2D eigenvalue weighted by Crippen LogP contribution is 2.47. The Labute approximate surface area is 200 Å². The van der Waals surface area contributed by atoms with E-state index in [0.717, 1.165) is 41.7 Å². The number of aromatic nitrogens is 3. The summed E-state index contributed by atoms with van der Waals surface area (Å²) in [5.74, 6) is 1.37. The Morgan fingerprint density at radius 3 is 2.74 bits per heavy atom. The van der Waals surface area contributed by atoms with Crippen molar-refractivity contribution in [3.05, 3.63) is 42.2 Å². The largest absolute Gasteiger partial charge is 0.377 e. The van der Waals surface area contributed by atoms with Crippen LogP contribution in [0.4, 0.5) is 5.82 Å². The number of sulfone groups is 1. The Balaban J connectivity index is 1.57. The number of aromatic amines is 1. The van der Waals surface area contributed by atoms with Crippen molar-refractivity contribution in [2.75, 3.05) is 37.7 Å². The molecule has 2 aromatic heterocycles. The van der Waals surface area contributed by atoms with Gasteiger partial charge < -0.3 is 19.9 Å². The number of morpholine rings is 1. The minimum absolute atomic E-state index is 0.149. The molecule has 0 radical (unpaired) electrons. The number of rotatable bonds is 5. The van der Waals surface area contributed by atoms with Crippen molar-refractivity contribution in [2.24, 2.45) is 0 Å². The Morgan fingerprint density at radius 1 is 1.15 bits per heavy atom. The van der Waals surface area contributed by atoms with Crippen LogP contribution in [0.25, 0.3) is 22.3 Å². The van der Waals surface area contributed by atoms with Crippen LogP contribution in [0, 0.1) is 0 Å². The number of piperidine rings is 1. The number of nitrogens with zero attached hydrogens (tertiary/aromatic N) is 3. The third kappa shape index (κ3) is 3.52. The number of benzene rings is 1. The number of nitrogens with one attached hydrogen (secondary N) is 2. The van der Waals surface area contributed by atoms with E-state index in [2.05, 4.69) is 22.1 Å². The van der Waals surface area contributed by atoms with E-state index < -0.39 is 14.6 Å². The van der Waals surface area contributed by atoms with Crippen molar-refractivity contribution in [3.8, 4) is 11.4 Å². The molecule has 8 nitrogen and oxygen atoms in total. The smallest absolute Gasteiger partial charge is 0.164 e. The zero-order valence-corrected chi connectivity index (χ0v) is 20.3. The maximum atomic E-state index is 13.9. The van der Waals surface area contributed by atoms with Gasteiger partial charge in [0.05, 0.1) is 30.2 Å². The molecule has 34 heavy (non-hydrogen) atoms. The Bertz CT molecular complexity index is 1310.